The zero-order valence-corrected chi connectivity index (χ0v) is 17.0. The lowest BCUT2D eigenvalue weighted by atomic mass is 9.97. The fraction of sp³-hybridized carbons (Fsp3) is 0.182. The maximum Gasteiger partial charge on any atom is 0.254 e. The van der Waals surface area contributed by atoms with Crippen LogP contribution in [0.15, 0.2) is 65.5 Å². The van der Waals surface area contributed by atoms with Crippen molar-refractivity contribution in [2.45, 2.75) is 19.4 Å². The van der Waals surface area contributed by atoms with E-state index in [1.165, 1.54) is 15.3 Å². The third-order valence-corrected chi connectivity index (χ3v) is 7.15. The van der Waals surface area contributed by atoms with Crippen molar-refractivity contribution < 1.29 is 4.79 Å². The summed E-state index contributed by atoms with van der Waals surface area (Å²) >= 11 is 3.51. The second-order valence-corrected chi connectivity index (χ2v) is 8.88. The number of aromatic nitrogens is 2. The van der Waals surface area contributed by atoms with Crippen LogP contribution in [0, 0.1) is 6.92 Å². The summed E-state index contributed by atoms with van der Waals surface area (Å²) in [6.07, 6.45) is 2.71. The third kappa shape index (κ3) is 2.89. The average Bonchev–Trinajstić information content (AvgIpc) is 3.48. The number of fused-ring (bicyclic) bond motifs is 1. The van der Waals surface area contributed by atoms with E-state index in [1.807, 2.05) is 46.8 Å². The van der Waals surface area contributed by atoms with Crippen LogP contribution < -0.4 is 0 Å². The molecule has 0 aliphatic carbocycles. The molecule has 1 aromatic carbocycles. The zero-order chi connectivity index (χ0) is 19.1. The highest BCUT2D eigenvalue weighted by molar-refractivity contribution is 7.10. The number of nitrogens with zero attached hydrogens (tertiary/aromatic N) is 3. The molecule has 0 radical (unpaired) electrons. The normalized spacial score (nSPS) is 16.2. The molecule has 4 aromatic rings. The molecule has 1 amide bonds. The molecule has 4 nitrogen and oxygen atoms in total. The van der Waals surface area contributed by atoms with Crippen molar-refractivity contribution in [3.8, 4) is 5.69 Å². The number of hydrogen-bond donors (Lipinski definition) is 0. The lowest BCUT2D eigenvalue weighted by Crippen LogP contribution is -2.39. The molecular weight excluding hydrogens is 386 g/mol. The van der Waals surface area contributed by atoms with Gasteiger partial charge in [-0.2, -0.15) is 5.10 Å². The second kappa shape index (κ2) is 7.04. The van der Waals surface area contributed by atoms with E-state index in [1.54, 1.807) is 28.9 Å². The van der Waals surface area contributed by atoms with Gasteiger partial charge < -0.3 is 4.90 Å². The quantitative estimate of drug-likeness (QED) is 0.476. The Labute approximate surface area is 171 Å². The fourth-order valence-corrected chi connectivity index (χ4v) is 5.60. The Morgan fingerprint density at radius 2 is 1.93 bits per heavy atom. The van der Waals surface area contributed by atoms with Gasteiger partial charge in [-0.05, 0) is 72.1 Å². The number of carbonyl (C=O) groups excluding carboxylic acids is 1. The first-order valence-corrected chi connectivity index (χ1v) is 11.0. The van der Waals surface area contributed by atoms with Crippen LogP contribution in [0.25, 0.3) is 5.69 Å². The molecule has 0 fully saturated rings. The van der Waals surface area contributed by atoms with Crippen LogP contribution in [-0.4, -0.2) is 27.1 Å². The van der Waals surface area contributed by atoms with Gasteiger partial charge in [0.1, 0.15) is 0 Å². The molecule has 28 heavy (non-hydrogen) atoms. The Morgan fingerprint density at radius 1 is 1.07 bits per heavy atom. The van der Waals surface area contributed by atoms with Crippen LogP contribution in [0.1, 0.15) is 37.4 Å². The number of aryl methyl sites for hydroxylation is 1. The van der Waals surface area contributed by atoms with Crippen LogP contribution in [0.2, 0.25) is 0 Å². The van der Waals surface area contributed by atoms with Gasteiger partial charge in [0.15, 0.2) is 0 Å². The Balaban J connectivity index is 1.48. The molecule has 4 heterocycles. The molecule has 1 aliphatic heterocycles. The van der Waals surface area contributed by atoms with E-state index in [-0.39, 0.29) is 11.9 Å². The first-order valence-electron chi connectivity index (χ1n) is 9.24. The van der Waals surface area contributed by atoms with Gasteiger partial charge in [-0.3, -0.25) is 4.79 Å². The van der Waals surface area contributed by atoms with E-state index in [4.69, 9.17) is 0 Å². The van der Waals surface area contributed by atoms with Crippen molar-refractivity contribution in [3.63, 3.8) is 0 Å². The van der Waals surface area contributed by atoms with Crippen LogP contribution in [-0.2, 0) is 6.42 Å². The summed E-state index contributed by atoms with van der Waals surface area (Å²) in [5, 5.41) is 8.56. The Hall–Kier alpha value is -2.70. The summed E-state index contributed by atoms with van der Waals surface area (Å²) in [7, 11) is 0. The van der Waals surface area contributed by atoms with Gasteiger partial charge in [0.2, 0.25) is 0 Å². The lowest BCUT2D eigenvalue weighted by molar-refractivity contribution is 0.0699. The maximum atomic E-state index is 13.4. The molecule has 140 valence electrons. The Morgan fingerprint density at radius 3 is 2.64 bits per heavy atom. The number of hydrogen-bond acceptors (Lipinski definition) is 4. The van der Waals surface area contributed by atoms with E-state index in [0.29, 0.717) is 5.56 Å². The first-order chi connectivity index (χ1) is 13.7. The second-order valence-electron chi connectivity index (χ2n) is 6.90. The van der Waals surface area contributed by atoms with Gasteiger partial charge in [-0.15, -0.1) is 22.7 Å². The van der Waals surface area contributed by atoms with E-state index in [0.717, 1.165) is 24.3 Å². The average molecular weight is 406 g/mol. The molecular formula is C22H19N3OS2. The smallest absolute Gasteiger partial charge is 0.254 e. The van der Waals surface area contributed by atoms with Crippen molar-refractivity contribution in [2.24, 2.45) is 0 Å². The molecule has 0 saturated carbocycles. The predicted octanol–water partition coefficient (Wildman–Crippen LogP) is 5.09. The van der Waals surface area contributed by atoms with Gasteiger partial charge >= 0.3 is 0 Å². The SMILES string of the molecule is Cc1ccnn1-c1ccc(C(=O)N2CCc3sccc3[C@@H]2c2cccs2)cc1. The third-order valence-electron chi connectivity index (χ3n) is 5.23. The van der Waals surface area contributed by atoms with Crippen LogP contribution >= 0.6 is 22.7 Å². The van der Waals surface area contributed by atoms with Crippen molar-refractivity contribution in [1.82, 2.24) is 14.7 Å². The molecule has 5 rings (SSSR count). The Kier molecular flexibility index (Phi) is 4.37. The first kappa shape index (κ1) is 17.4. The molecule has 3 aromatic heterocycles. The number of amides is 1. The highest BCUT2D eigenvalue weighted by Crippen LogP contribution is 2.40. The van der Waals surface area contributed by atoms with Gasteiger partial charge in [-0.1, -0.05) is 6.07 Å². The van der Waals surface area contributed by atoms with Gasteiger partial charge in [-0.25, -0.2) is 4.68 Å². The largest absolute Gasteiger partial charge is 0.326 e. The minimum absolute atomic E-state index is 0.00976. The topological polar surface area (TPSA) is 38.1 Å². The molecule has 0 N–H and O–H groups in total. The number of benzene rings is 1. The lowest BCUT2D eigenvalue weighted by Gasteiger charge is -2.35. The standard InChI is InChI=1S/C22H19N3OS2/c1-15-8-11-23-25(15)17-6-4-16(5-7-17)22(26)24-12-9-19-18(10-14-28-19)21(24)20-3-2-13-27-20/h2-8,10-11,13-14,21H,9,12H2,1H3/t21-/m1/s1. The van der Waals surface area contributed by atoms with E-state index >= 15 is 0 Å². The van der Waals surface area contributed by atoms with Crippen LogP contribution in [0.5, 0.6) is 0 Å². The molecule has 0 spiro atoms. The molecule has 6 heteroatoms. The highest BCUT2D eigenvalue weighted by atomic mass is 32.1. The van der Waals surface area contributed by atoms with Crippen molar-refractivity contribution in [1.29, 1.82) is 0 Å². The van der Waals surface area contributed by atoms with Crippen molar-refractivity contribution in [2.75, 3.05) is 6.54 Å². The molecule has 0 bridgehead atoms. The van der Waals surface area contributed by atoms with E-state index in [9.17, 15) is 4.79 Å². The number of rotatable bonds is 3. The van der Waals surface area contributed by atoms with Crippen LogP contribution in [0.3, 0.4) is 0 Å². The molecule has 1 aliphatic rings. The molecule has 1 atom stereocenters. The van der Waals surface area contributed by atoms with Crippen LogP contribution in [0.4, 0.5) is 0 Å². The highest BCUT2D eigenvalue weighted by Gasteiger charge is 2.33. The number of carbonyl (C=O) groups is 1. The van der Waals surface area contributed by atoms with E-state index < -0.39 is 0 Å². The fourth-order valence-electron chi connectivity index (χ4n) is 3.84. The number of thiophene rings is 2. The zero-order valence-electron chi connectivity index (χ0n) is 15.4. The van der Waals surface area contributed by atoms with E-state index in [2.05, 4.69) is 34.1 Å². The summed E-state index contributed by atoms with van der Waals surface area (Å²) in [5.74, 6) is 0.0824. The predicted molar refractivity (Wildman–Crippen MR) is 114 cm³/mol. The van der Waals surface area contributed by atoms with Crippen molar-refractivity contribution in [3.05, 3.63) is 92.1 Å². The minimum atomic E-state index is 0.00976. The van der Waals surface area contributed by atoms with Gasteiger partial charge in [0.25, 0.3) is 5.91 Å². The minimum Gasteiger partial charge on any atom is -0.326 e. The Bertz CT molecular complexity index is 1110. The van der Waals surface area contributed by atoms with Crippen molar-refractivity contribution >= 4 is 28.6 Å². The summed E-state index contributed by atoms with van der Waals surface area (Å²) in [5.41, 5.74) is 4.02. The maximum absolute atomic E-state index is 13.4. The molecule has 0 unspecified atom stereocenters. The summed E-state index contributed by atoms with van der Waals surface area (Å²) in [6, 6.07) is 16.1. The monoisotopic (exact) mass is 405 g/mol. The summed E-state index contributed by atoms with van der Waals surface area (Å²) in [4.78, 5) is 18.1. The van der Waals surface area contributed by atoms with Gasteiger partial charge in [0, 0.05) is 33.8 Å². The van der Waals surface area contributed by atoms with Gasteiger partial charge in [0.05, 0.1) is 11.7 Å². The molecule has 0 saturated heterocycles. The summed E-state index contributed by atoms with van der Waals surface area (Å²) in [6.45, 7) is 2.76. The summed E-state index contributed by atoms with van der Waals surface area (Å²) < 4.78 is 1.88.